The molecule has 0 amide bonds. The van der Waals surface area contributed by atoms with E-state index in [1.807, 2.05) is 0 Å². The molecule has 2 aliphatic rings. The summed E-state index contributed by atoms with van der Waals surface area (Å²) in [6.07, 6.45) is 2.65. The molecule has 0 bridgehead atoms. The van der Waals surface area contributed by atoms with Crippen LogP contribution in [-0.4, -0.2) is 30.6 Å². The summed E-state index contributed by atoms with van der Waals surface area (Å²) in [5, 5.41) is 0. The molecule has 0 N–H and O–H groups in total. The lowest BCUT2D eigenvalue weighted by Crippen LogP contribution is -2.34. The predicted octanol–water partition coefficient (Wildman–Crippen LogP) is 1.13. The quantitative estimate of drug-likeness (QED) is 0.702. The third kappa shape index (κ3) is 1.24. The monoisotopic (exact) mass is 221 g/mol. The van der Waals surface area contributed by atoms with Crippen LogP contribution in [0.3, 0.4) is 0 Å². The van der Waals surface area contributed by atoms with Crippen molar-refractivity contribution in [2.45, 2.75) is 24.5 Å². The summed E-state index contributed by atoms with van der Waals surface area (Å²) < 4.78 is 15.4. The zero-order chi connectivity index (χ0) is 11.2. The molecule has 0 radical (unpaired) electrons. The maximum atomic E-state index is 11.5. The number of nitrogens with zero attached hydrogens (tertiary/aromatic N) is 1. The van der Waals surface area contributed by atoms with Crippen LogP contribution in [0.1, 0.15) is 18.6 Å². The van der Waals surface area contributed by atoms with E-state index in [0.29, 0.717) is 11.7 Å². The first-order valence-corrected chi connectivity index (χ1v) is 5.13. The Kier molecular flexibility index (Phi) is 1.83. The van der Waals surface area contributed by atoms with Crippen molar-refractivity contribution in [1.29, 1.82) is 0 Å². The van der Waals surface area contributed by atoms with Crippen LogP contribution in [0, 0.1) is 0 Å². The zero-order valence-electron chi connectivity index (χ0n) is 8.80. The molecule has 1 aliphatic heterocycles. The summed E-state index contributed by atoms with van der Waals surface area (Å²) in [7, 11) is 1.35. The Hall–Kier alpha value is -1.78. The Labute approximate surface area is 92.1 Å². The van der Waals surface area contributed by atoms with Crippen LogP contribution in [0.4, 0.5) is 0 Å². The molecule has 5 heteroatoms. The lowest BCUT2D eigenvalue weighted by Gasteiger charge is -2.12. The minimum absolute atomic E-state index is 0.372. The summed E-state index contributed by atoms with van der Waals surface area (Å²) in [5.74, 6) is 0.582. The van der Waals surface area contributed by atoms with E-state index in [2.05, 4.69) is 4.99 Å². The molecule has 1 aliphatic carbocycles. The number of hydrogen-bond acceptors (Lipinski definition) is 5. The Bertz CT molecular complexity index is 445. The summed E-state index contributed by atoms with van der Waals surface area (Å²) >= 11 is 0. The number of hydrogen-bond donors (Lipinski definition) is 0. The van der Waals surface area contributed by atoms with Crippen LogP contribution >= 0.6 is 0 Å². The number of esters is 1. The van der Waals surface area contributed by atoms with Gasteiger partial charge in [-0.15, -0.1) is 0 Å². The van der Waals surface area contributed by atoms with Crippen LogP contribution in [0.5, 0.6) is 0 Å². The molecule has 1 spiro atoms. The second-order valence-electron chi connectivity index (χ2n) is 4.02. The average Bonchev–Trinajstić information content (AvgIpc) is 2.76. The van der Waals surface area contributed by atoms with E-state index in [-0.39, 0.29) is 5.97 Å². The molecule has 0 saturated heterocycles. The second kappa shape index (κ2) is 3.10. The van der Waals surface area contributed by atoms with Crippen LogP contribution in [0.2, 0.25) is 0 Å². The highest BCUT2D eigenvalue weighted by atomic mass is 16.6. The highest BCUT2D eigenvalue weighted by Crippen LogP contribution is 2.48. The van der Waals surface area contributed by atoms with Crippen molar-refractivity contribution < 1.29 is 18.7 Å². The highest BCUT2D eigenvalue weighted by Gasteiger charge is 2.59. The molecule has 84 valence electrons. The van der Waals surface area contributed by atoms with Crippen molar-refractivity contribution in [3.8, 4) is 0 Å². The Morgan fingerprint density at radius 1 is 1.62 bits per heavy atom. The Morgan fingerprint density at radius 2 is 2.44 bits per heavy atom. The fraction of sp³-hybridized carbons (Fsp3) is 0.455. The minimum Gasteiger partial charge on any atom is -0.466 e. The van der Waals surface area contributed by atoms with Gasteiger partial charge in [-0.2, -0.15) is 0 Å². The minimum atomic E-state index is -0.613. The van der Waals surface area contributed by atoms with Gasteiger partial charge in [0.1, 0.15) is 5.54 Å². The maximum absolute atomic E-state index is 11.5. The first kappa shape index (κ1) is 9.45. The fourth-order valence-electron chi connectivity index (χ4n) is 1.90. The second-order valence-corrected chi connectivity index (χ2v) is 4.02. The van der Waals surface area contributed by atoms with Crippen molar-refractivity contribution in [3.63, 3.8) is 0 Å². The van der Waals surface area contributed by atoms with Gasteiger partial charge in [0.2, 0.25) is 6.10 Å². The third-order valence-electron chi connectivity index (χ3n) is 2.95. The largest absolute Gasteiger partial charge is 0.466 e. The fourth-order valence-corrected chi connectivity index (χ4v) is 1.90. The standard InChI is InChI=1S/C11H11NO4/c1-14-10(13)8-11(4-5-11)12-9(16-8)7-3-2-6-15-7/h2-3,6,8H,4-5H2,1H3. The van der Waals surface area contributed by atoms with Gasteiger partial charge in [-0.1, -0.05) is 0 Å². The van der Waals surface area contributed by atoms with Gasteiger partial charge in [0.25, 0.3) is 5.90 Å². The maximum Gasteiger partial charge on any atom is 0.349 e. The molecular formula is C11H11NO4. The average molecular weight is 221 g/mol. The lowest BCUT2D eigenvalue weighted by molar-refractivity contribution is -0.149. The van der Waals surface area contributed by atoms with E-state index in [1.165, 1.54) is 7.11 Å². The number of aliphatic imine (C=N–C) groups is 1. The number of carbonyl (C=O) groups is 1. The van der Waals surface area contributed by atoms with E-state index in [1.54, 1.807) is 18.4 Å². The lowest BCUT2D eigenvalue weighted by atomic mass is 10.1. The van der Waals surface area contributed by atoms with Gasteiger partial charge in [-0.05, 0) is 25.0 Å². The van der Waals surface area contributed by atoms with E-state index < -0.39 is 11.6 Å². The van der Waals surface area contributed by atoms with Gasteiger partial charge in [-0.25, -0.2) is 9.79 Å². The van der Waals surface area contributed by atoms with E-state index in [9.17, 15) is 4.79 Å². The van der Waals surface area contributed by atoms with Crippen molar-refractivity contribution in [2.75, 3.05) is 7.11 Å². The summed E-state index contributed by atoms with van der Waals surface area (Å²) in [4.78, 5) is 16.0. The Morgan fingerprint density at radius 3 is 3.00 bits per heavy atom. The molecule has 5 nitrogen and oxygen atoms in total. The van der Waals surface area contributed by atoms with Crippen molar-refractivity contribution in [1.82, 2.24) is 0 Å². The van der Waals surface area contributed by atoms with Crippen LogP contribution in [-0.2, 0) is 14.3 Å². The van der Waals surface area contributed by atoms with Gasteiger partial charge < -0.3 is 13.9 Å². The molecule has 1 unspecified atom stereocenters. The smallest absolute Gasteiger partial charge is 0.349 e. The number of furan rings is 1. The summed E-state index contributed by atoms with van der Waals surface area (Å²) in [6, 6.07) is 3.51. The van der Waals surface area contributed by atoms with Crippen molar-refractivity contribution in [3.05, 3.63) is 24.2 Å². The first-order chi connectivity index (χ1) is 7.75. The van der Waals surface area contributed by atoms with Gasteiger partial charge in [-0.3, -0.25) is 0 Å². The predicted molar refractivity (Wildman–Crippen MR) is 54.1 cm³/mol. The SMILES string of the molecule is COC(=O)C1OC(c2ccco2)=NC12CC2. The van der Waals surface area contributed by atoms with Crippen LogP contribution in [0.15, 0.2) is 27.8 Å². The molecular weight excluding hydrogens is 210 g/mol. The number of carbonyl (C=O) groups excluding carboxylic acids is 1. The molecule has 1 aromatic heterocycles. The molecule has 16 heavy (non-hydrogen) atoms. The van der Waals surface area contributed by atoms with E-state index in [0.717, 1.165) is 12.8 Å². The summed E-state index contributed by atoms with van der Waals surface area (Å²) in [5.41, 5.74) is -0.394. The van der Waals surface area contributed by atoms with Crippen molar-refractivity contribution >= 4 is 11.9 Å². The van der Waals surface area contributed by atoms with Gasteiger partial charge in [0, 0.05) is 0 Å². The van der Waals surface area contributed by atoms with Crippen LogP contribution < -0.4 is 0 Å². The van der Waals surface area contributed by atoms with Gasteiger partial charge in [0.15, 0.2) is 5.76 Å². The van der Waals surface area contributed by atoms with E-state index >= 15 is 0 Å². The highest BCUT2D eigenvalue weighted by molar-refractivity contribution is 5.96. The van der Waals surface area contributed by atoms with Gasteiger partial charge >= 0.3 is 5.97 Å². The zero-order valence-corrected chi connectivity index (χ0v) is 8.80. The molecule has 0 aromatic carbocycles. The number of ether oxygens (including phenoxy) is 2. The number of rotatable bonds is 2. The third-order valence-corrected chi connectivity index (χ3v) is 2.95. The van der Waals surface area contributed by atoms with Crippen molar-refractivity contribution in [2.24, 2.45) is 4.99 Å². The molecule has 1 saturated carbocycles. The Balaban J connectivity index is 1.89. The normalized spacial score (nSPS) is 25.1. The molecule has 1 atom stereocenters. The topological polar surface area (TPSA) is 61.0 Å². The molecule has 1 aromatic rings. The number of methoxy groups -OCH3 is 1. The summed E-state index contributed by atoms with van der Waals surface area (Å²) in [6.45, 7) is 0. The van der Waals surface area contributed by atoms with Gasteiger partial charge in [0.05, 0.1) is 13.4 Å². The molecule has 3 rings (SSSR count). The first-order valence-electron chi connectivity index (χ1n) is 5.13. The van der Waals surface area contributed by atoms with E-state index in [4.69, 9.17) is 13.9 Å². The molecule has 2 heterocycles. The molecule has 1 fully saturated rings. The van der Waals surface area contributed by atoms with Crippen LogP contribution in [0.25, 0.3) is 0 Å².